The van der Waals surface area contributed by atoms with Gasteiger partial charge >= 0.3 is 0 Å². The maximum atomic E-state index is 12.1. The molecule has 0 atom stereocenters. The molecular formula is C14H20N2O2. The Morgan fingerprint density at radius 3 is 3.06 bits per heavy atom. The fraction of sp³-hybridized carbons (Fsp3) is 0.500. The first-order valence-electron chi connectivity index (χ1n) is 6.49. The van der Waals surface area contributed by atoms with Gasteiger partial charge < -0.3 is 15.4 Å². The smallest absolute Gasteiger partial charge is 0.229 e. The highest BCUT2D eigenvalue weighted by Gasteiger charge is 2.24. The highest BCUT2D eigenvalue weighted by molar-refractivity contribution is 5.95. The van der Waals surface area contributed by atoms with Crippen LogP contribution in [0.3, 0.4) is 0 Å². The second-order valence-electron chi connectivity index (χ2n) is 4.55. The minimum atomic E-state index is 0.134. The van der Waals surface area contributed by atoms with Gasteiger partial charge in [-0.15, -0.1) is 0 Å². The number of anilines is 2. The van der Waals surface area contributed by atoms with Crippen LogP contribution in [0.25, 0.3) is 0 Å². The van der Waals surface area contributed by atoms with E-state index >= 15 is 0 Å². The SMILES string of the molecule is CCCOCCC(=O)N1CCc2cc(N)ccc21. The van der Waals surface area contributed by atoms with E-state index in [2.05, 4.69) is 6.92 Å². The molecule has 2 N–H and O–H groups in total. The fourth-order valence-electron chi connectivity index (χ4n) is 2.22. The molecule has 1 amide bonds. The van der Waals surface area contributed by atoms with Crippen molar-refractivity contribution in [3.63, 3.8) is 0 Å². The Kier molecular flexibility index (Phi) is 4.20. The largest absolute Gasteiger partial charge is 0.399 e. The van der Waals surface area contributed by atoms with Gasteiger partial charge in [0.25, 0.3) is 0 Å². The number of carbonyl (C=O) groups is 1. The van der Waals surface area contributed by atoms with Gasteiger partial charge in [-0.3, -0.25) is 4.79 Å². The van der Waals surface area contributed by atoms with E-state index < -0.39 is 0 Å². The number of carbonyl (C=O) groups excluding carboxylic acids is 1. The van der Waals surface area contributed by atoms with Crippen molar-refractivity contribution in [2.45, 2.75) is 26.2 Å². The predicted octanol–water partition coefficient (Wildman–Crippen LogP) is 1.97. The summed E-state index contributed by atoms with van der Waals surface area (Å²) in [5.74, 6) is 0.134. The molecule has 0 bridgehead atoms. The van der Waals surface area contributed by atoms with Crippen molar-refractivity contribution in [2.24, 2.45) is 0 Å². The van der Waals surface area contributed by atoms with Crippen molar-refractivity contribution < 1.29 is 9.53 Å². The van der Waals surface area contributed by atoms with E-state index in [1.807, 2.05) is 23.1 Å². The third kappa shape index (κ3) is 2.82. The Labute approximate surface area is 108 Å². The molecule has 0 saturated heterocycles. The summed E-state index contributed by atoms with van der Waals surface area (Å²) < 4.78 is 5.35. The quantitative estimate of drug-likeness (QED) is 0.640. The van der Waals surface area contributed by atoms with Gasteiger partial charge in [-0.1, -0.05) is 6.92 Å². The average Bonchev–Trinajstić information content (AvgIpc) is 2.77. The Hall–Kier alpha value is -1.55. The van der Waals surface area contributed by atoms with Crippen LogP contribution in [0.4, 0.5) is 11.4 Å². The summed E-state index contributed by atoms with van der Waals surface area (Å²) in [5.41, 5.74) is 8.67. The maximum Gasteiger partial charge on any atom is 0.229 e. The Morgan fingerprint density at radius 2 is 2.28 bits per heavy atom. The number of fused-ring (bicyclic) bond motifs is 1. The molecule has 1 aliphatic rings. The number of benzene rings is 1. The summed E-state index contributed by atoms with van der Waals surface area (Å²) >= 11 is 0. The number of hydrogen-bond acceptors (Lipinski definition) is 3. The molecular weight excluding hydrogens is 228 g/mol. The molecule has 1 aliphatic heterocycles. The lowest BCUT2D eigenvalue weighted by Gasteiger charge is -2.17. The molecule has 98 valence electrons. The molecule has 4 heteroatoms. The van der Waals surface area contributed by atoms with Crippen molar-refractivity contribution in [3.05, 3.63) is 23.8 Å². The third-order valence-electron chi connectivity index (χ3n) is 3.11. The number of amides is 1. The molecule has 0 fully saturated rings. The number of nitrogen functional groups attached to an aromatic ring is 1. The highest BCUT2D eigenvalue weighted by Crippen LogP contribution is 2.29. The van der Waals surface area contributed by atoms with Crippen LogP contribution >= 0.6 is 0 Å². The molecule has 1 aromatic rings. The first-order valence-corrected chi connectivity index (χ1v) is 6.49. The average molecular weight is 248 g/mol. The van der Waals surface area contributed by atoms with E-state index in [0.717, 1.165) is 42.9 Å². The first-order chi connectivity index (χ1) is 8.72. The fourth-order valence-corrected chi connectivity index (χ4v) is 2.22. The summed E-state index contributed by atoms with van der Waals surface area (Å²) in [6.07, 6.45) is 2.33. The van der Waals surface area contributed by atoms with E-state index in [1.165, 1.54) is 0 Å². The summed E-state index contributed by atoms with van der Waals surface area (Å²) in [4.78, 5) is 13.9. The molecule has 0 aromatic heterocycles. The molecule has 18 heavy (non-hydrogen) atoms. The van der Waals surface area contributed by atoms with Crippen LogP contribution in [0, 0.1) is 0 Å². The second-order valence-corrected chi connectivity index (χ2v) is 4.55. The maximum absolute atomic E-state index is 12.1. The summed E-state index contributed by atoms with van der Waals surface area (Å²) in [6.45, 7) is 4.04. The molecule has 1 heterocycles. The van der Waals surface area contributed by atoms with Gasteiger partial charge in [0.2, 0.25) is 5.91 Å². The van der Waals surface area contributed by atoms with Gasteiger partial charge in [0, 0.05) is 24.5 Å². The zero-order chi connectivity index (χ0) is 13.0. The minimum Gasteiger partial charge on any atom is -0.399 e. The van der Waals surface area contributed by atoms with Crippen LogP contribution in [0.2, 0.25) is 0 Å². The van der Waals surface area contributed by atoms with Crippen LogP contribution in [0.5, 0.6) is 0 Å². The summed E-state index contributed by atoms with van der Waals surface area (Å²) in [7, 11) is 0. The van der Waals surface area contributed by atoms with Crippen molar-refractivity contribution >= 4 is 17.3 Å². The van der Waals surface area contributed by atoms with Gasteiger partial charge in [-0.25, -0.2) is 0 Å². The van der Waals surface area contributed by atoms with Gasteiger partial charge in [0.15, 0.2) is 0 Å². The van der Waals surface area contributed by atoms with Crippen molar-refractivity contribution in [3.8, 4) is 0 Å². The molecule has 4 nitrogen and oxygen atoms in total. The van der Waals surface area contributed by atoms with Crippen molar-refractivity contribution in [1.29, 1.82) is 0 Å². The number of rotatable bonds is 5. The van der Waals surface area contributed by atoms with Crippen LogP contribution in [-0.2, 0) is 16.0 Å². The summed E-state index contributed by atoms with van der Waals surface area (Å²) in [6, 6.07) is 5.73. The molecule has 2 rings (SSSR count). The lowest BCUT2D eigenvalue weighted by molar-refractivity contribution is -0.119. The summed E-state index contributed by atoms with van der Waals surface area (Å²) in [5, 5.41) is 0. The van der Waals surface area contributed by atoms with Gasteiger partial charge in [0.05, 0.1) is 13.0 Å². The molecule has 0 unspecified atom stereocenters. The molecule has 1 aromatic carbocycles. The van der Waals surface area contributed by atoms with Crippen molar-refractivity contribution in [1.82, 2.24) is 0 Å². The van der Waals surface area contributed by atoms with Gasteiger partial charge in [-0.2, -0.15) is 0 Å². The molecule has 0 spiro atoms. The Morgan fingerprint density at radius 1 is 1.44 bits per heavy atom. The number of hydrogen-bond donors (Lipinski definition) is 1. The van der Waals surface area contributed by atoms with E-state index in [0.29, 0.717) is 13.0 Å². The number of nitrogens with two attached hydrogens (primary N) is 1. The highest BCUT2D eigenvalue weighted by atomic mass is 16.5. The molecule has 0 radical (unpaired) electrons. The monoisotopic (exact) mass is 248 g/mol. The third-order valence-corrected chi connectivity index (χ3v) is 3.11. The van der Waals surface area contributed by atoms with Crippen LogP contribution < -0.4 is 10.6 Å². The molecule has 0 saturated carbocycles. The van der Waals surface area contributed by atoms with Gasteiger partial charge in [-0.05, 0) is 36.6 Å². The Balaban J connectivity index is 1.94. The topological polar surface area (TPSA) is 55.6 Å². The number of ether oxygens (including phenoxy) is 1. The predicted molar refractivity (Wildman–Crippen MR) is 72.6 cm³/mol. The normalized spacial score (nSPS) is 13.7. The van der Waals surface area contributed by atoms with E-state index in [-0.39, 0.29) is 5.91 Å². The van der Waals surface area contributed by atoms with Crippen LogP contribution in [0.1, 0.15) is 25.3 Å². The van der Waals surface area contributed by atoms with Gasteiger partial charge in [0.1, 0.15) is 0 Å². The first kappa shape index (κ1) is 12.9. The van der Waals surface area contributed by atoms with E-state index in [1.54, 1.807) is 0 Å². The lowest BCUT2D eigenvalue weighted by Crippen LogP contribution is -2.29. The van der Waals surface area contributed by atoms with Crippen LogP contribution in [0.15, 0.2) is 18.2 Å². The van der Waals surface area contributed by atoms with Crippen LogP contribution in [-0.4, -0.2) is 25.7 Å². The zero-order valence-corrected chi connectivity index (χ0v) is 10.8. The second kappa shape index (κ2) is 5.87. The minimum absolute atomic E-state index is 0.134. The van der Waals surface area contributed by atoms with E-state index in [9.17, 15) is 4.79 Å². The number of nitrogens with zero attached hydrogens (tertiary/aromatic N) is 1. The molecule has 0 aliphatic carbocycles. The Bertz CT molecular complexity index is 432. The van der Waals surface area contributed by atoms with E-state index in [4.69, 9.17) is 10.5 Å². The standard InChI is InChI=1S/C14H20N2O2/c1-2-8-18-9-6-14(17)16-7-5-11-10-12(15)3-4-13(11)16/h3-4,10H,2,5-9,15H2,1H3. The lowest BCUT2D eigenvalue weighted by atomic mass is 10.1. The van der Waals surface area contributed by atoms with Crippen molar-refractivity contribution in [2.75, 3.05) is 30.4 Å². The zero-order valence-electron chi connectivity index (χ0n) is 10.8.